The van der Waals surface area contributed by atoms with E-state index in [1.807, 2.05) is 19.9 Å². The minimum atomic E-state index is -1.03. The number of para-hydroxylation sites is 1. The van der Waals surface area contributed by atoms with Crippen molar-refractivity contribution in [3.63, 3.8) is 0 Å². The van der Waals surface area contributed by atoms with E-state index in [1.165, 1.54) is 0 Å². The molecular weight excluding hydrogens is 258 g/mol. The van der Waals surface area contributed by atoms with E-state index < -0.39 is 17.9 Å². The van der Waals surface area contributed by atoms with Gasteiger partial charge in [0.05, 0.1) is 5.56 Å². The molecule has 2 unspecified atom stereocenters. The van der Waals surface area contributed by atoms with E-state index in [0.29, 0.717) is 17.7 Å². The molecular formula is C15H19NO4. The lowest BCUT2D eigenvalue weighted by Crippen LogP contribution is -2.40. The van der Waals surface area contributed by atoms with E-state index in [1.54, 1.807) is 19.1 Å². The lowest BCUT2D eigenvalue weighted by Gasteiger charge is -2.14. The van der Waals surface area contributed by atoms with Crippen molar-refractivity contribution in [3.05, 3.63) is 29.3 Å². The Bertz CT molecular complexity index is 541. The lowest BCUT2D eigenvalue weighted by atomic mass is 9.96. The van der Waals surface area contributed by atoms with Crippen LogP contribution in [-0.4, -0.2) is 29.1 Å². The fourth-order valence-electron chi connectivity index (χ4n) is 2.34. The van der Waals surface area contributed by atoms with Crippen molar-refractivity contribution in [2.24, 2.45) is 0 Å². The Labute approximate surface area is 117 Å². The number of aliphatic carboxylic acids is 1. The van der Waals surface area contributed by atoms with E-state index in [9.17, 15) is 9.59 Å². The summed E-state index contributed by atoms with van der Waals surface area (Å²) in [5.74, 6) is -0.641. The summed E-state index contributed by atoms with van der Waals surface area (Å²) in [6.07, 6.45) is 0.351. The summed E-state index contributed by atoms with van der Waals surface area (Å²) in [6, 6.07) is 4.52. The van der Waals surface area contributed by atoms with E-state index in [4.69, 9.17) is 9.84 Å². The molecule has 1 heterocycles. The number of carbonyl (C=O) groups is 2. The number of fused-ring (bicyclic) bond motifs is 1. The summed E-state index contributed by atoms with van der Waals surface area (Å²) in [4.78, 5) is 23.2. The molecule has 0 radical (unpaired) electrons. The summed E-state index contributed by atoms with van der Waals surface area (Å²) < 4.78 is 5.74. The molecule has 0 saturated carbocycles. The SMILES string of the molecule is CC[C@@H](NC(=O)c1cccc2c1OC(C)C2C)C(=O)O. The molecule has 108 valence electrons. The smallest absolute Gasteiger partial charge is 0.326 e. The number of rotatable bonds is 4. The first-order valence-corrected chi connectivity index (χ1v) is 6.79. The minimum absolute atomic E-state index is 0.0143. The number of carboxylic acids is 1. The molecule has 0 spiro atoms. The Morgan fingerprint density at radius 1 is 1.40 bits per heavy atom. The molecule has 1 aromatic carbocycles. The maximum absolute atomic E-state index is 12.2. The second kappa shape index (κ2) is 5.53. The predicted molar refractivity (Wildman–Crippen MR) is 74.1 cm³/mol. The van der Waals surface area contributed by atoms with E-state index in [2.05, 4.69) is 5.32 Å². The number of carbonyl (C=O) groups excluding carboxylic acids is 1. The molecule has 20 heavy (non-hydrogen) atoms. The Kier molecular flexibility index (Phi) is 3.97. The van der Waals surface area contributed by atoms with Gasteiger partial charge in [-0.25, -0.2) is 4.79 Å². The molecule has 0 aliphatic carbocycles. The summed E-state index contributed by atoms with van der Waals surface area (Å²) in [5, 5.41) is 11.5. The predicted octanol–water partition coefficient (Wildman–Crippen LogP) is 2.16. The van der Waals surface area contributed by atoms with Crippen molar-refractivity contribution in [1.82, 2.24) is 5.32 Å². The topological polar surface area (TPSA) is 75.6 Å². The molecule has 5 heteroatoms. The fraction of sp³-hybridized carbons (Fsp3) is 0.467. The van der Waals surface area contributed by atoms with Crippen LogP contribution in [0.4, 0.5) is 0 Å². The number of nitrogens with one attached hydrogen (secondary N) is 1. The van der Waals surface area contributed by atoms with Gasteiger partial charge in [0.1, 0.15) is 17.9 Å². The first-order valence-electron chi connectivity index (χ1n) is 6.79. The first-order chi connectivity index (χ1) is 9.45. The summed E-state index contributed by atoms with van der Waals surface area (Å²) in [6.45, 7) is 5.72. The zero-order chi connectivity index (χ0) is 14.9. The Balaban J connectivity index is 2.27. The van der Waals surface area contributed by atoms with Gasteiger partial charge >= 0.3 is 5.97 Å². The van der Waals surface area contributed by atoms with Crippen LogP contribution in [0, 0.1) is 0 Å². The highest BCUT2D eigenvalue weighted by molar-refractivity contribution is 5.99. The minimum Gasteiger partial charge on any atom is -0.489 e. The Morgan fingerprint density at radius 3 is 2.70 bits per heavy atom. The molecule has 2 N–H and O–H groups in total. The zero-order valence-electron chi connectivity index (χ0n) is 11.8. The number of ether oxygens (including phenoxy) is 1. The molecule has 1 amide bonds. The molecule has 1 aliphatic rings. The molecule has 0 fully saturated rings. The Hall–Kier alpha value is -2.04. The van der Waals surface area contributed by atoms with Crippen LogP contribution in [0.3, 0.4) is 0 Å². The molecule has 0 bridgehead atoms. The summed E-state index contributed by atoms with van der Waals surface area (Å²) in [5.41, 5.74) is 1.40. The second-order valence-corrected chi connectivity index (χ2v) is 5.11. The van der Waals surface area contributed by atoms with Crippen molar-refractivity contribution in [1.29, 1.82) is 0 Å². The average Bonchev–Trinajstić information content (AvgIpc) is 2.71. The van der Waals surface area contributed by atoms with Crippen LogP contribution in [-0.2, 0) is 4.79 Å². The van der Waals surface area contributed by atoms with Gasteiger partial charge in [0.15, 0.2) is 0 Å². The number of benzene rings is 1. The van der Waals surface area contributed by atoms with Gasteiger partial charge in [0.2, 0.25) is 0 Å². The van der Waals surface area contributed by atoms with Crippen LogP contribution >= 0.6 is 0 Å². The second-order valence-electron chi connectivity index (χ2n) is 5.11. The van der Waals surface area contributed by atoms with Crippen molar-refractivity contribution in [3.8, 4) is 5.75 Å². The normalized spacial score (nSPS) is 21.8. The average molecular weight is 277 g/mol. The molecule has 3 atom stereocenters. The van der Waals surface area contributed by atoms with Gasteiger partial charge in [-0.3, -0.25) is 4.79 Å². The van der Waals surface area contributed by atoms with E-state index in [0.717, 1.165) is 5.56 Å². The lowest BCUT2D eigenvalue weighted by molar-refractivity contribution is -0.139. The number of hydrogen-bond donors (Lipinski definition) is 2. The van der Waals surface area contributed by atoms with Crippen LogP contribution in [0.2, 0.25) is 0 Å². The summed E-state index contributed by atoms with van der Waals surface area (Å²) >= 11 is 0. The third-order valence-corrected chi connectivity index (χ3v) is 3.80. The van der Waals surface area contributed by atoms with Crippen LogP contribution < -0.4 is 10.1 Å². The number of hydrogen-bond acceptors (Lipinski definition) is 3. The van der Waals surface area contributed by atoms with Gasteiger partial charge in [-0.05, 0) is 19.4 Å². The zero-order valence-corrected chi connectivity index (χ0v) is 11.8. The standard InChI is InChI=1S/C15H19NO4/c1-4-12(15(18)19)16-14(17)11-7-5-6-10-8(2)9(3)20-13(10)11/h5-9,12H,4H2,1-3H3,(H,16,17)(H,18,19)/t8?,9?,12-/m1/s1. The number of carboxylic acid groups (broad SMARTS) is 1. The highest BCUT2D eigenvalue weighted by Gasteiger charge is 2.31. The quantitative estimate of drug-likeness (QED) is 0.884. The van der Waals surface area contributed by atoms with Gasteiger partial charge in [-0.2, -0.15) is 0 Å². The Morgan fingerprint density at radius 2 is 2.10 bits per heavy atom. The van der Waals surface area contributed by atoms with Gasteiger partial charge in [-0.15, -0.1) is 0 Å². The van der Waals surface area contributed by atoms with Gasteiger partial charge in [0.25, 0.3) is 5.91 Å². The van der Waals surface area contributed by atoms with Crippen LogP contribution in [0.1, 0.15) is 49.0 Å². The van der Waals surface area contributed by atoms with Crippen molar-refractivity contribution >= 4 is 11.9 Å². The van der Waals surface area contributed by atoms with Crippen molar-refractivity contribution in [2.75, 3.05) is 0 Å². The third-order valence-electron chi connectivity index (χ3n) is 3.80. The monoisotopic (exact) mass is 277 g/mol. The largest absolute Gasteiger partial charge is 0.489 e. The van der Waals surface area contributed by atoms with Crippen molar-refractivity contribution in [2.45, 2.75) is 45.3 Å². The highest BCUT2D eigenvalue weighted by Crippen LogP contribution is 2.40. The molecule has 5 nitrogen and oxygen atoms in total. The molecule has 2 rings (SSSR count). The maximum Gasteiger partial charge on any atom is 0.326 e. The molecule has 0 aromatic heterocycles. The van der Waals surface area contributed by atoms with E-state index >= 15 is 0 Å². The summed E-state index contributed by atoms with van der Waals surface area (Å²) in [7, 11) is 0. The van der Waals surface area contributed by atoms with Gasteiger partial charge in [-0.1, -0.05) is 26.0 Å². The molecule has 0 saturated heterocycles. The van der Waals surface area contributed by atoms with E-state index in [-0.39, 0.29) is 12.0 Å². The van der Waals surface area contributed by atoms with Crippen LogP contribution in [0.15, 0.2) is 18.2 Å². The van der Waals surface area contributed by atoms with Gasteiger partial charge < -0.3 is 15.2 Å². The van der Waals surface area contributed by atoms with Crippen LogP contribution in [0.25, 0.3) is 0 Å². The highest BCUT2D eigenvalue weighted by atomic mass is 16.5. The van der Waals surface area contributed by atoms with Gasteiger partial charge in [0, 0.05) is 11.5 Å². The molecule has 1 aromatic rings. The maximum atomic E-state index is 12.2. The number of amides is 1. The van der Waals surface area contributed by atoms with Crippen molar-refractivity contribution < 1.29 is 19.4 Å². The third kappa shape index (κ3) is 2.48. The fourth-order valence-corrected chi connectivity index (χ4v) is 2.34. The van der Waals surface area contributed by atoms with Crippen LogP contribution in [0.5, 0.6) is 5.75 Å². The first kappa shape index (κ1) is 14.4. The molecule has 1 aliphatic heterocycles.